The summed E-state index contributed by atoms with van der Waals surface area (Å²) in [6.07, 6.45) is 0. The Kier molecular flexibility index (Phi) is 3.74. The minimum Gasteiger partial charge on any atom is -0.274 e. The van der Waals surface area contributed by atoms with E-state index in [0.717, 1.165) is 4.47 Å². The molecule has 0 saturated heterocycles. The van der Waals surface area contributed by atoms with Gasteiger partial charge >= 0.3 is 0 Å². The molecule has 3 aromatic carbocycles. The molecule has 4 rings (SSSR count). The number of nitrogens with zero attached hydrogens (tertiary/aromatic N) is 1. The van der Waals surface area contributed by atoms with Crippen LogP contribution in [0.5, 0.6) is 0 Å². The van der Waals surface area contributed by atoms with Crippen molar-refractivity contribution < 1.29 is 13.2 Å². The molecular weight excluding hydrogens is 402 g/mol. The lowest BCUT2D eigenvalue weighted by atomic mass is 10.1. The fraction of sp³-hybridized carbons (Fsp3) is 0. The maximum Gasteiger partial charge on any atom is 0.262 e. The molecule has 1 amide bonds. The van der Waals surface area contributed by atoms with Gasteiger partial charge in [0.25, 0.3) is 5.91 Å². The number of rotatable bonds is 1. The average molecular weight is 414 g/mol. The maximum atomic E-state index is 13.2. The fourth-order valence-corrected chi connectivity index (χ4v) is 4.81. The van der Waals surface area contributed by atoms with E-state index in [0.29, 0.717) is 16.9 Å². The minimum atomic E-state index is -3.66. The number of halogens is 1. The van der Waals surface area contributed by atoms with E-state index < -0.39 is 9.84 Å². The molecule has 1 aliphatic rings. The van der Waals surface area contributed by atoms with Crippen molar-refractivity contribution >= 4 is 43.0 Å². The summed E-state index contributed by atoms with van der Waals surface area (Å²) >= 11 is 3.35. The van der Waals surface area contributed by atoms with Crippen LogP contribution in [0.4, 0.5) is 11.4 Å². The lowest BCUT2D eigenvalue weighted by Crippen LogP contribution is -2.31. The highest BCUT2D eigenvalue weighted by Crippen LogP contribution is 2.44. The van der Waals surface area contributed by atoms with Crippen molar-refractivity contribution in [2.24, 2.45) is 0 Å². The Morgan fingerprint density at radius 1 is 0.760 bits per heavy atom. The van der Waals surface area contributed by atoms with E-state index in [1.54, 1.807) is 60.7 Å². The quantitative estimate of drug-likeness (QED) is 0.586. The summed E-state index contributed by atoms with van der Waals surface area (Å²) in [7, 11) is -3.66. The molecule has 6 heteroatoms. The Morgan fingerprint density at radius 2 is 1.24 bits per heavy atom. The van der Waals surface area contributed by atoms with Crippen LogP contribution in [0.2, 0.25) is 0 Å². The van der Waals surface area contributed by atoms with E-state index >= 15 is 0 Å². The number of hydrogen-bond acceptors (Lipinski definition) is 3. The summed E-state index contributed by atoms with van der Waals surface area (Å²) in [5.74, 6) is -0.276. The molecule has 1 aliphatic heterocycles. The third-order valence-corrected chi connectivity index (χ3v) is 6.46. The maximum absolute atomic E-state index is 13.2. The molecular formula is C19H12BrNO3S. The molecule has 0 spiro atoms. The monoisotopic (exact) mass is 413 g/mol. The third-order valence-electron chi connectivity index (χ3n) is 4.09. The van der Waals surface area contributed by atoms with E-state index in [-0.39, 0.29) is 15.7 Å². The molecule has 0 radical (unpaired) electrons. The Morgan fingerprint density at radius 3 is 1.76 bits per heavy atom. The van der Waals surface area contributed by atoms with Gasteiger partial charge in [-0.25, -0.2) is 8.42 Å². The first-order valence-electron chi connectivity index (χ1n) is 7.53. The van der Waals surface area contributed by atoms with E-state index in [2.05, 4.69) is 15.9 Å². The molecule has 4 nitrogen and oxygen atoms in total. The van der Waals surface area contributed by atoms with Gasteiger partial charge in [-0.3, -0.25) is 9.69 Å². The van der Waals surface area contributed by atoms with E-state index in [1.165, 1.54) is 17.0 Å². The van der Waals surface area contributed by atoms with Crippen molar-refractivity contribution in [1.82, 2.24) is 0 Å². The molecule has 1 heterocycles. The molecule has 0 aliphatic carbocycles. The van der Waals surface area contributed by atoms with E-state index in [9.17, 15) is 13.2 Å². The van der Waals surface area contributed by atoms with Crippen molar-refractivity contribution in [1.29, 1.82) is 0 Å². The molecule has 0 atom stereocenters. The summed E-state index contributed by atoms with van der Waals surface area (Å²) in [6.45, 7) is 0. The fourth-order valence-electron chi connectivity index (χ4n) is 2.93. The van der Waals surface area contributed by atoms with Crippen molar-refractivity contribution in [3.05, 3.63) is 82.8 Å². The number of carbonyl (C=O) groups excluding carboxylic acids is 1. The number of sulfone groups is 1. The number of anilines is 2. The zero-order valence-corrected chi connectivity index (χ0v) is 15.3. The molecule has 0 unspecified atom stereocenters. The zero-order valence-electron chi connectivity index (χ0n) is 12.9. The van der Waals surface area contributed by atoms with Crippen LogP contribution in [-0.2, 0) is 9.84 Å². The van der Waals surface area contributed by atoms with Crippen LogP contribution < -0.4 is 4.90 Å². The Hall–Kier alpha value is -2.44. The van der Waals surface area contributed by atoms with Gasteiger partial charge in [0, 0.05) is 10.0 Å². The Labute approximate surface area is 153 Å². The molecule has 3 aromatic rings. The molecule has 25 heavy (non-hydrogen) atoms. The summed E-state index contributed by atoms with van der Waals surface area (Å²) < 4.78 is 26.7. The van der Waals surface area contributed by atoms with Gasteiger partial charge in [0.1, 0.15) is 0 Å². The second-order valence-electron chi connectivity index (χ2n) is 5.59. The number of fused-ring (bicyclic) bond motifs is 2. The van der Waals surface area contributed by atoms with Gasteiger partial charge in [-0.2, -0.15) is 0 Å². The SMILES string of the molecule is O=C(c1ccc(Br)cc1)N1c2ccccc2S(=O)(=O)c2ccccc21. The third kappa shape index (κ3) is 2.49. The summed E-state index contributed by atoms with van der Waals surface area (Å²) in [5.41, 5.74) is 1.22. The van der Waals surface area contributed by atoms with Gasteiger partial charge in [-0.05, 0) is 48.5 Å². The lowest BCUT2D eigenvalue weighted by molar-refractivity contribution is 0.0998. The number of benzene rings is 3. The highest BCUT2D eigenvalue weighted by atomic mass is 79.9. The summed E-state index contributed by atoms with van der Waals surface area (Å²) in [4.78, 5) is 14.9. The first-order chi connectivity index (χ1) is 12.0. The topological polar surface area (TPSA) is 54.5 Å². The van der Waals surface area contributed by atoms with Crippen LogP contribution in [-0.4, -0.2) is 14.3 Å². The van der Waals surface area contributed by atoms with Gasteiger partial charge in [0.15, 0.2) is 0 Å². The highest BCUT2D eigenvalue weighted by molar-refractivity contribution is 9.10. The van der Waals surface area contributed by atoms with Crippen molar-refractivity contribution in [2.75, 3.05) is 4.90 Å². The van der Waals surface area contributed by atoms with Gasteiger partial charge in [0.2, 0.25) is 9.84 Å². The van der Waals surface area contributed by atoms with E-state index in [4.69, 9.17) is 0 Å². The van der Waals surface area contributed by atoms with Crippen LogP contribution in [0.1, 0.15) is 10.4 Å². The Balaban J connectivity index is 1.97. The van der Waals surface area contributed by atoms with Gasteiger partial charge in [-0.1, -0.05) is 40.2 Å². The molecule has 0 saturated carbocycles. The average Bonchev–Trinajstić information content (AvgIpc) is 2.62. The molecule has 0 fully saturated rings. The zero-order chi connectivity index (χ0) is 17.6. The molecule has 0 N–H and O–H groups in total. The van der Waals surface area contributed by atoms with Crippen molar-refractivity contribution in [3.63, 3.8) is 0 Å². The van der Waals surface area contributed by atoms with Crippen LogP contribution in [0, 0.1) is 0 Å². The molecule has 0 bridgehead atoms. The number of hydrogen-bond donors (Lipinski definition) is 0. The van der Waals surface area contributed by atoms with Crippen molar-refractivity contribution in [3.8, 4) is 0 Å². The molecule has 0 aromatic heterocycles. The van der Waals surface area contributed by atoms with E-state index in [1.807, 2.05) is 0 Å². The van der Waals surface area contributed by atoms with Crippen LogP contribution in [0.15, 0.2) is 87.1 Å². The lowest BCUT2D eigenvalue weighted by Gasteiger charge is -2.31. The summed E-state index contributed by atoms with van der Waals surface area (Å²) in [5, 5.41) is 0. The van der Waals surface area contributed by atoms with Gasteiger partial charge in [0.05, 0.1) is 21.2 Å². The second kappa shape index (κ2) is 5.82. The van der Waals surface area contributed by atoms with Crippen molar-refractivity contribution in [2.45, 2.75) is 9.79 Å². The van der Waals surface area contributed by atoms with Gasteiger partial charge in [-0.15, -0.1) is 0 Å². The standard InChI is InChI=1S/C19H12BrNO3S/c20-14-11-9-13(10-12-14)19(22)21-15-5-1-3-7-17(15)25(23,24)18-8-4-2-6-16(18)21/h1-12H. The van der Waals surface area contributed by atoms with Crippen LogP contribution in [0.25, 0.3) is 0 Å². The van der Waals surface area contributed by atoms with Gasteiger partial charge < -0.3 is 0 Å². The second-order valence-corrected chi connectivity index (χ2v) is 8.39. The highest BCUT2D eigenvalue weighted by Gasteiger charge is 2.36. The number of carbonyl (C=O) groups is 1. The first kappa shape index (κ1) is 16.1. The normalized spacial score (nSPS) is 14.5. The number of para-hydroxylation sites is 2. The predicted octanol–water partition coefficient (Wildman–Crippen LogP) is 4.57. The summed E-state index contributed by atoms with van der Waals surface area (Å²) in [6, 6.07) is 20.1. The molecule has 124 valence electrons. The number of amides is 1. The Bertz CT molecular complexity index is 1040. The minimum absolute atomic E-state index is 0.138. The predicted molar refractivity (Wildman–Crippen MR) is 98.9 cm³/mol. The smallest absolute Gasteiger partial charge is 0.262 e. The van der Waals surface area contributed by atoms with Crippen LogP contribution in [0.3, 0.4) is 0 Å². The largest absolute Gasteiger partial charge is 0.274 e. The first-order valence-corrected chi connectivity index (χ1v) is 9.81. The van der Waals surface area contributed by atoms with Crippen LogP contribution >= 0.6 is 15.9 Å².